The van der Waals surface area contributed by atoms with Crippen LogP contribution in [0.4, 0.5) is 5.69 Å². The molecular formula is C21H22N4O3. The van der Waals surface area contributed by atoms with Crippen LogP contribution in [-0.4, -0.2) is 46.4 Å². The molecule has 1 aromatic heterocycles. The summed E-state index contributed by atoms with van der Waals surface area (Å²) in [5, 5.41) is 0. The van der Waals surface area contributed by atoms with Crippen molar-refractivity contribution in [1.82, 2.24) is 14.9 Å². The second-order valence-electron chi connectivity index (χ2n) is 7.72. The molecule has 4 heterocycles. The van der Waals surface area contributed by atoms with Gasteiger partial charge in [0.05, 0.1) is 24.8 Å². The summed E-state index contributed by atoms with van der Waals surface area (Å²) >= 11 is 0. The van der Waals surface area contributed by atoms with Crippen molar-refractivity contribution in [3.8, 4) is 5.75 Å². The van der Waals surface area contributed by atoms with E-state index < -0.39 is 0 Å². The van der Waals surface area contributed by atoms with Crippen molar-refractivity contribution in [2.75, 3.05) is 18.6 Å². The molecule has 2 saturated heterocycles. The van der Waals surface area contributed by atoms with E-state index in [9.17, 15) is 9.59 Å². The summed E-state index contributed by atoms with van der Waals surface area (Å²) in [5.41, 5.74) is 2.94. The minimum atomic E-state index is -0.302. The molecule has 3 aliphatic heterocycles. The molecule has 3 unspecified atom stereocenters. The Morgan fingerprint density at radius 1 is 1.18 bits per heavy atom. The van der Waals surface area contributed by atoms with Crippen LogP contribution in [0.3, 0.4) is 0 Å². The monoisotopic (exact) mass is 378 g/mol. The van der Waals surface area contributed by atoms with E-state index in [-0.39, 0.29) is 36.2 Å². The van der Waals surface area contributed by atoms with Gasteiger partial charge in [0.1, 0.15) is 12.1 Å². The van der Waals surface area contributed by atoms with Gasteiger partial charge >= 0.3 is 0 Å². The van der Waals surface area contributed by atoms with Gasteiger partial charge in [0, 0.05) is 42.9 Å². The van der Waals surface area contributed by atoms with Crippen LogP contribution in [0.1, 0.15) is 36.6 Å². The molecule has 2 fully saturated rings. The van der Waals surface area contributed by atoms with Crippen LogP contribution in [0.5, 0.6) is 5.75 Å². The molecule has 2 amide bonds. The average Bonchev–Trinajstić information content (AvgIpc) is 3.27. The molecule has 7 nitrogen and oxygen atoms in total. The second-order valence-corrected chi connectivity index (χ2v) is 7.72. The van der Waals surface area contributed by atoms with Crippen molar-refractivity contribution in [2.45, 2.75) is 37.8 Å². The Hall–Kier alpha value is -2.96. The lowest BCUT2D eigenvalue weighted by molar-refractivity contribution is -0.139. The molecule has 2 aromatic rings. The Morgan fingerprint density at radius 3 is 2.79 bits per heavy atom. The third-order valence-corrected chi connectivity index (χ3v) is 6.23. The molecule has 5 rings (SSSR count). The first-order valence-electron chi connectivity index (χ1n) is 9.71. The summed E-state index contributed by atoms with van der Waals surface area (Å²) in [6.07, 6.45) is 6.40. The molecule has 2 bridgehead atoms. The fourth-order valence-electron chi connectivity index (χ4n) is 4.86. The number of methoxy groups -OCH3 is 1. The Balaban J connectivity index is 1.36. The van der Waals surface area contributed by atoms with Gasteiger partial charge in [-0.15, -0.1) is 0 Å². The molecule has 0 N–H and O–H groups in total. The van der Waals surface area contributed by atoms with Crippen molar-refractivity contribution in [3.05, 3.63) is 48.0 Å². The first-order chi connectivity index (χ1) is 13.7. The molecule has 0 aliphatic carbocycles. The summed E-state index contributed by atoms with van der Waals surface area (Å²) in [7, 11) is 1.61. The number of anilines is 1. The number of carbonyl (C=O) groups excluding carboxylic acids is 2. The minimum absolute atomic E-state index is 0.00314. The fraction of sp³-hybridized carbons (Fsp3) is 0.429. The van der Waals surface area contributed by atoms with Gasteiger partial charge in [0.25, 0.3) is 0 Å². The SMILES string of the molecule is COc1ccc(N2CC(C(=O)N3C4CCC3c3cncnc3C4)CC2=O)cc1. The number of nitrogens with zero attached hydrogens (tertiary/aromatic N) is 4. The van der Waals surface area contributed by atoms with Crippen molar-refractivity contribution in [1.29, 1.82) is 0 Å². The van der Waals surface area contributed by atoms with Gasteiger partial charge in [-0.05, 0) is 37.1 Å². The van der Waals surface area contributed by atoms with Crippen LogP contribution < -0.4 is 9.64 Å². The van der Waals surface area contributed by atoms with Gasteiger partial charge in [0.15, 0.2) is 0 Å². The van der Waals surface area contributed by atoms with E-state index in [0.717, 1.165) is 42.0 Å². The topological polar surface area (TPSA) is 75.6 Å². The van der Waals surface area contributed by atoms with E-state index in [4.69, 9.17) is 4.74 Å². The van der Waals surface area contributed by atoms with Crippen LogP contribution in [-0.2, 0) is 16.0 Å². The summed E-state index contributed by atoms with van der Waals surface area (Å²) < 4.78 is 5.18. The van der Waals surface area contributed by atoms with Crippen LogP contribution in [0, 0.1) is 5.92 Å². The number of rotatable bonds is 3. The molecule has 1 aromatic carbocycles. The maximum Gasteiger partial charge on any atom is 0.228 e. The maximum absolute atomic E-state index is 13.4. The molecule has 7 heteroatoms. The Kier molecular flexibility index (Phi) is 4.03. The predicted molar refractivity (Wildman–Crippen MR) is 102 cm³/mol. The lowest BCUT2D eigenvalue weighted by Crippen LogP contribution is -2.45. The van der Waals surface area contributed by atoms with Crippen molar-refractivity contribution in [3.63, 3.8) is 0 Å². The second kappa shape index (κ2) is 6.58. The Labute approximate surface area is 163 Å². The van der Waals surface area contributed by atoms with Gasteiger partial charge in [-0.3, -0.25) is 9.59 Å². The van der Waals surface area contributed by atoms with Gasteiger partial charge in [-0.1, -0.05) is 0 Å². The lowest BCUT2D eigenvalue weighted by Gasteiger charge is -2.37. The molecular weight excluding hydrogens is 356 g/mol. The summed E-state index contributed by atoms with van der Waals surface area (Å²) in [5.74, 6) is 0.528. The van der Waals surface area contributed by atoms with Crippen molar-refractivity contribution < 1.29 is 14.3 Å². The number of ether oxygens (including phenoxy) is 1. The van der Waals surface area contributed by atoms with Gasteiger partial charge in [0.2, 0.25) is 11.8 Å². The number of aromatic nitrogens is 2. The number of hydrogen-bond donors (Lipinski definition) is 0. The number of benzene rings is 1. The summed E-state index contributed by atoms with van der Waals surface area (Å²) in [4.78, 5) is 38.3. The Bertz CT molecular complexity index is 930. The molecule has 0 spiro atoms. The lowest BCUT2D eigenvalue weighted by atomic mass is 9.96. The van der Waals surface area contributed by atoms with E-state index in [2.05, 4.69) is 9.97 Å². The molecule has 0 radical (unpaired) electrons. The van der Waals surface area contributed by atoms with Crippen molar-refractivity contribution >= 4 is 17.5 Å². The number of amides is 2. The first-order valence-corrected chi connectivity index (χ1v) is 9.71. The van der Waals surface area contributed by atoms with Crippen LogP contribution in [0.25, 0.3) is 0 Å². The number of fused-ring (bicyclic) bond motifs is 4. The maximum atomic E-state index is 13.4. The highest BCUT2D eigenvalue weighted by atomic mass is 16.5. The number of hydrogen-bond acceptors (Lipinski definition) is 5. The largest absolute Gasteiger partial charge is 0.497 e. The van der Waals surface area contributed by atoms with E-state index in [1.807, 2.05) is 35.4 Å². The highest BCUT2D eigenvalue weighted by Gasteiger charge is 2.47. The van der Waals surface area contributed by atoms with E-state index in [1.54, 1.807) is 18.3 Å². The quantitative estimate of drug-likeness (QED) is 0.818. The van der Waals surface area contributed by atoms with Gasteiger partial charge in [-0.2, -0.15) is 0 Å². The zero-order valence-electron chi connectivity index (χ0n) is 15.7. The van der Waals surface area contributed by atoms with E-state index >= 15 is 0 Å². The zero-order valence-corrected chi connectivity index (χ0v) is 15.7. The van der Waals surface area contributed by atoms with E-state index in [1.165, 1.54) is 0 Å². The van der Waals surface area contributed by atoms with Crippen LogP contribution in [0.15, 0.2) is 36.8 Å². The molecule has 3 atom stereocenters. The molecule has 3 aliphatic rings. The highest BCUT2D eigenvalue weighted by Crippen LogP contribution is 2.44. The van der Waals surface area contributed by atoms with Gasteiger partial charge < -0.3 is 14.5 Å². The summed E-state index contributed by atoms with van der Waals surface area (Å²) in [6.45, 7) is 0.429. The number of carbonyl (C=O) groups is 2. The predicted octanol–water partition coefficient (Wildman–Crippen LogP) is 2.13. The molecule has 144 valence electrons. The zero-order chi connectivity index (χ0) is 19.3. The third-order valence-electron chi connectivity index (χ3n) is 6.23. The van der Waals surface area contributed by atoms with Crippen molar-refractivity contribution in [2.24, 2.45) is 5.92 Å². The highest BCUT2D eigenvalue weighted by molar-refractivity contribution is 6.00. The third kappa shape index (κ3) is 2.65. The van der Waals surface area contributed by atoms with Crippen LogP contribution >= 0.6 is 0 Å². The normalized spacial score (nSPS) is 25.8. The van der Waals surface area contributed by atoms with E-state index in [0.29, 0.717) is 6.54 Å². The fourth-order valence-corrected chi connectivity index (χ4v) is 4.86. The van der Waals surface area contributed by atoms with Gasteiger partial charge in [-0.25, -0.2) is 9.97 Å². The summed E-state index contributed by atoms with van der Waals surface area (Å²) in [6, 6.07) is 7.63. The average molecular weight is 378 g/mol. The molecule has 0 saturated carbocycles. The first kappa shape index (κ1) is 17.2. The van der Waals surface area contributed by atoms with Crippen LogP contribution in [0.2, 0.25) is 0 Å². The minimum Gasteiger partial charge on any atom is -0.497 e. The standard InChI is InChI=1S/C21H22N4O3/c1-28-16-5-2-14(3-6-16)24-11-13(8-20(24)26)21(27)25-15-4-7-19(25)17-10-22-12-23-18(17)9-15/h2-3,5-6,10,12-13,15,19H,4,7-9,11H2,1H3. The smallest absolute Gasteiger partial charge is 0.228 e. The molecule has 28 heavy (non-hydrogen) atoms. The Morgan fingerprint density at radius 2 is 2.00 bits per heavy atom.